The minimum absolute atomic E-state index is 0.00692. The summed E-state index contributed by atoms with van der Waals surface area (Å²) in [5, 5.41) is 0.0386. The number of imide groups is 1. The van der Waals surface area contributed by atoms with Gasteiger partial charge in [-0.3, -0.25) is 14.5 Å². The predicted octanol–water partition coefficient (Wildman–Crippen LogP) is 2.15. The molecule has 3 nitrogen and oxygen atoms in total. The highest BCUT2D eigenvalue weighted by atomic mass is 32.2. The van der Waals surface area contributed by atoms with Gasteiger partial charge in [-0.15, -0.1) is 23.5 Å². The van der Waals surface area contributed by atoms with Gasteiger partial charge in [0.25, 0.3) is 0 Å². The standard InChI is InChI=1S/C12H19NO2S2/c1-6(2)13-10(14)8-9(11(13)15)17-12(4,5)7(3)16-8/h6-9H,1-5H3. The fourth-order valence-corrected chi connectivity index (χ4v) is 5.45. The summed E-state index contributed by atoms with van der Waals surface area (Å²) in [6.07, 6.45) is 0. The van der Waals surface area contributed by atoms with Gasteiger partial charge in [0.15, 0.2) is 0 Å². The van der Waals surface area contributed by atoms with Gasteiger partial charge in [0.2, 0.25) is 11.8 Å². The summed E-state index contributed by atoms with van der Waals surface area (Å²) < 4.78 is 0.0504. The monoisotopic (exact) mass is 273 g/mol. The van der Waals surface area contributed by atoms with E-state index in [1.54, 1.807) is 23.5 Å². The number of fused-ring (bicyclic) bond motifs is 1. The second kappa shape index (κ2) is 4.19. The molecule has 2 fully saturated rings. The molecule has 96 valence electrons. The van der Waals surface area contributed by atoms with E-state index >= 15 is 0 Å². The molecule has 3 atom stereocenters. The average molecular weight is 273 g/mol. The van der Waals surface area contributed by atoms with Gasteiger partial charge in [-0.1, -0.05) is 6.92 Å². The second-order valence-electron chi connectivity index (χ2n) is 5.48. The Hall–Kier alpha value is -0.160. The van der Waals surface area contributed by atoms with Crippen molar-refractivity contribution in [2.75, 3.05) is 0 Å². The Kier molecular flexibility index (Phi) is 3.28. The van der Waals surface area contributed by atoms with E-state index in [0.29, 0.717) is 5.25 Å². The van der Waals surface area contributed by atoms with Crippen LogP contribution in [0.15, 0.2) is 0 Å². The summed E-state index contributed by atoms with van der Waals surface area (Å²) in [7, 11) is 0. The zero-order valence-electron chi connectivity index (χ0n) is 10.9. The molecule has 0 bridgehead atoms. The van der Waals surface area contributed by atoms with Crippen molar-refractivity contribution in [3.8, 4) is 0 Å². The van der Waals surface area contributed by atoms with Crippen molar-refractivity contribution in [1.82, 2.24) is 4.90 Å². The molecule has 0 saturated carbocycles. The molecule has 5 heteroatoms. The van der Waals surface area contributed by atoms with Gasteiger partial charge in [0.1, 0.15) is 10.5 Å². The van der Waals surface area contributed by atoms with Crippen LogP contribution < -0.4 is 0 Å². The lowest BCUT2D eigenvalue weighted by molar-refractivity contribution is -0.139. The van der Waals surface area contributed by atoms with Gasteiger partial charge in [0.05, 0.1) is 0 Å². The van der Waals surface area contributed by atoms with Crippen LogP contribution in [0, 0.1) is 0 Å². The lowest BCUT2D eigenvalue weighted by atomic mass is 10.1. The number of thioether (sulfide) groups is 2. The van der Waals surface area contributed by atoms with Crippen LogP contribution in [0.1, 0.15) is 34.6 Å². The van der Waals surface area contributed by atoms with Gasteiger partial charge < -0.3 is 0 Å². The predicted molar refractivity (Wildman–Crippen MR) is 73.3 cm³/mol. The molecule has 3 unspecified atom stereocenters. The molecule has 0 N–H and O–H groups in total. The van der Waals surface area contributed by atoms with E-state index in [0.717, 1.165) is 0 Å². The lowest BCUT2D eigenvalue weighted by Gasteiger charge is -2.39. The van der Waals surface area contributed by atoms with Crippen LogP contribution in [-0.4, -0.2) is 43.3 Å². The molecule has 2 saturated heterocycles. The van der Waals surface area contributed by atoms with Crippen molar-refractivity contribution >= 4 is 35.3 Å². The Morgan fingerprint density at radius 2 is 1.71 bits per heavy atom. The Bertz CT molecular complexity index is 368. The number of hydrogen-bond acceptors (Lipinski definition) is 4. The van der Waals surface area contributed by atoms with E-state index in [4.69, 9.17) is 0 Å². The van der Waals surface area contributed by atoms with E-state index in [2.05, 4.69) is 20.8 Å². The van der Waals surface area contributed by atoms with Crippen molar-refractivity contribution < 1.29 is 9.59 Å². The Labute approximate surface area is 111 Å². The highest BCUT2D eigenvalue weighted by molar-refractivity contribution is 8.09. The average Bonchev–Trinajstić information content (AvgIpc) is 2.41. The molecule has 2 aliphatic heterocycles. The van der Waals surface area contributed by atoms with Crippen molar-refractivity contribution in [2.45, 2.75) is 61.2 Å². The summed E-state index contributed by atoms with van der Waals surface area (Å²) in [6, 6.07) is -0.0276. The third kappa shape index (κ3) is 2.01. The maximum absolute atomic E-state index is 12.3. The van der Waals surface area contributed by atoms with E-state index in [-0.39, 0.29) is 33.1 Å². The fraction of sp³-hybridized carbons (Fsp3) is 0.833. The molecule has 2 amide bonds. The normalized spacial score (nSPS) is 36.6. The molecule has 0 aromatic rings. The maximum atomic E-state index is 12.3. The third-order valence-corrected chi connectivity index (χ3v) is 7.29. The Balaban J connectivity index is 2.29. The molecule has 0 aromatic carbocycles. The van der Waals surface area contributed by atoms with Crippen LogP contribution in [0.25, 0.3) is 0 Å². The summed E-state index contributed by atoms with van der Waals surface area (Å²) in [5.74, 6) is 0.0160. The molecule has 0 aromatic heterocycles. The van der Waals surface area contributed by atoms with E-state index < -0.39 is 0 Å². The van der Waals surface area contributed by atoms with Crippen molar-refractivity contribution in [3.63, 3.8) is 0 Å². The highest BCUT2D eigenvalue weighted by Crippen LogP contribution is 2.51. The van der Waals surface area contributed by atoms with Crippen LogP contribution in [-0.2, 0) is 9.59 Å². The summed E-state index contributed by atoms with van der Waals surface area (Å²) in [5.41, 5.74) is 0. The van der Waals surface area contributed by atoms with E-state index in [1.165, 1.54) is 4.90 Å². The van der Waals surface area contributed by atoms with Crippen molar-refractivity contribution in [1.29, 1.82) is 0 Å². The van der Waals surface area contributed by atoms with Crippen LogP contribution in [0.3, 0.4) is 0 Å². The summed E-state index contributed by atoms with van der Waals surface area (Å²) in [4.78, 5) is 25.9. The van der Waals surface area contributed by atoms with Gasteiger partial charge in [-0.05, 0) is 27.7 Å². The van der Waals surface area contributed by atoms with E-state index in [1.807, 2.05) is 13.8 Å². The van der Waals surface area contributed by atoms with Crippen molar-refractivity contribution in [3.05, 3.63) is 0 Å². The van der Waals surface area contributed by atoms with Gasteiger partial charge in [-0.2, -0.15) is 0 Å². The van der Waals surface area contributed by atoms with Gasteiger partial charge in [0, 0.05) is 16.0 Å². The second-order valence-corrected chi connectivity index (χ2v) is 8.76. The van der Waals surface area contributed by atoms with Crippen molar-refractivity contribution in [2.24, 2.45) is 0 Å². The molecule has 2 rings (SSSR count). The minimum Gasteiger partial charge on any atom is -0.278 e. The molecular weight excluding hydrogens is 254 g/mol. The Morgan fingerprint density at radius 3 is 2.24 bits per heavy atom. The SMILES string of the molecule is CC(C)N1C(=O)C2SC(C)C(C)(C)SC2C1=O. The number of carbonyl (C=O) groups is 2. The third-order valence-electron chi connectivity index (χ3n) is 3.51. The number of hydrogen-bond donors (Lipinski definition) is 0. The Morgan fingerprint density at radius 1 is 1.18 bits per heavy atom. The topological polar surface area (TPSA) is 37.4 Å². The molecule has 0 spiro atoms. The van der Waals surface area contributed by atoms with E-state index in [9.17, 15) is 9.59 Å². The molecule has 0 radical (unpaired) electrons. The zero-order chi connectivity index (χ0) is 13.0. The van der Waals surface area contributed by atoms with Gasteiger partial charge in [-0.25, -0.2) is 0 Å². The van der Waals surface area contributed by atoms with Crippen LogP contribution in [0.4, 0.5) is 0 Å². The number of nitrogens with zero attached hydrogens (tertiary/aromatic N) is 1. The van der Waals surface area contributed by atoms with Crippen LogP contribution in [0.5, 0.6) is 0 Å². The molecule has 17 heavy (non-hydrogen) atoms. The summed E-state index contributed by atoms with van der Waals surface area (Å²) >= 11 is 3.33. The maximum Gasteiger partial charge on any atom is 0.244 e. The largest absolute Gasteiger partial charge is 0.278 e. The number of amides is 2. The molecule has 0 aliphatic carbocycles. The number of carbonyl (C=O) groups excluding carboxylic acids is 2. The van der Waals surface area contributed by atoms with Gasteiger partial charge >= 0.3 is 0 Å². The zero-order valence-corrected chi connectivity index (χ0v) is 12.5. The molecular formula is C12H19NO2S2. The van der Waals surface area contributed by atoms with Crippen LogP contribution >= 0.6 is 23.5 Å². The lowest BCUT2D eigenvalue weighted by Crippen LogP contribution is -2.42. The first-order chi connectivity index (χ1) is 7.75. The number of likely N-dealkylation sites (tertiary alicyclic amines) is 1. The smallest absolute Gasteiger partial charge is 0.244 e. The molecule has 2 heterocycles. The molecule has 2 aliphatic rings. The first kappa shape index (κ1) is 13.3. The quantitative estimate of drug-likeness (QED) is 0.686. The number of rotatable bonds is 1. The first-order valence-corrected chi connectivity index (χ1v) is 7.78. The van der Waals surface area contributed by atoms with Crippen LogP contribution in [0.2, 0.25) is 0 Å². The highest BCUT2D eigenvalue weighted by Gasteiger charge is 2.55. The minimum atomic E-state index is -0.180. The summed E-state index contributed by atoms with van der Waals surface area (Å²) in [6.45, 7) is 10.3. The first-order valence-electron chi connectivity index (χ1n) is 5.96. The fourth-order valence-electron chi connectivity index (χ4n) is 2.20.